The molecule has 0 unspecified atom stereocenters. The fourth-order valence-electron chi connectivity index (χ4n) is 2.72. The Kier molecular flexibility index (Phi) is 4.27. The molecule has 2 saturated carbocycles. The minimum atomic E-state index is 0.804. The molecule has 18 heavy (non-hydrogen) atoms. The van der Waals surface area contributed by atoms with E-state index in [0.29, 0.717) is 0 Å². The van der Waals surface area contributed by atoms with E-state index in [2.05, 4.69) is 41.3 Å². The van der Waals surface area contributed by atoms with Gasteiger partial charge in [0.2, 0.25) is 0 Å². The minimum absolute atomic E-state index is 0.804. The Balaban J connectivity index is 1.55. The van der Waals surface area contributed by atoms with Crippen molar-refractivity contribution >= 4 is 11.8 Å². The lowest BCUT2D eigenvalue weighted by atomic mass is 10.1. The monoisotopic (exact) mass is 261 g/mol. The highest BCUT2D eigenvalue weighted by Crippen LogP contribution is 2.32. The van der Waals surface area contributed by atoms with Crippen LogP contribution >= 0.6 is 11.8 Å². The van der Waals surface area contributed by atoms with Gasteiger partial charge in [-0.15, -0.1) is 11.8 Å². The van der Waals surface area contributed by atoms with Crippen LogP contribution in [0.25, 0.3) is 0 Å². The fraction of sp³-hybridized carbons (Fsp3) is 0.625. The summed E-state index contributed by atoms with van der Waals surface area (Å²) in [6, 6.07) is 9.73. The highest BCUT2D eigenvalue weighted by Gasteiger charge is 2.20. The molecule has 0 aliphatic heterocycles. The Morgan fingerprint density at radius 2 is 1.83 bits per heavy atom. The summed E-state index contributed by atoms with van der Waals surface area (Å²) in [5, 5.41) is 3.63. The van der Waals surface area contributed by atoms with E-state index in [-0.39, 0.29) is 0 Å². The first-order valence-corrected chi connectivity index (χ1v) is 8.34. The zero-order valence-electron chi connectivity index (χ0n) is 11.0. The molecule has 3 rings (SSSR count). The molecule has 0 atom stereocenters. The zero-order chi connectivity index (χ0) is 12.2. The third kappa shape index (κ3) is 3.52. The van der Waals surface area contributed by atoms with Gasteiger partial charge < -0.3 is 5.32 Å². The molecule has 2 heteroatoms. The van der Waals surface area contributed by atoms with Crippen molar-refractivity contribution in [3.05, 3.63) is 29.8 Å². The lowest BCUT2D eigenvalue weighted by molar-refractivity contribution is 0.622. The van der Waals surface area contributed by atoms with Gasteiger partial charge in [-0.2, -0.15) is 0 Å². The van der Waals surface area contributed by atoms with Gasteiger partial charge in [-0.3, -0.25) is 0 Å². The van der Waals surface area contributed by atoms with Crippen LogP contribution in [0.5, 0.6) is 0 Å². The summed E-state index contributed by atoms with van der Waals surface area (Å²) in [5.74, 6) is 2.29. The second-order valence-electron chi connectivity index (χ2n) is 5.72. The summed E-state index contributed by atoms with van der Waals surface area (Å²) < 4.78 is 0. The standard InChI is InChI=1S/C16H23NS/c1-2-6-13(5-1)12-18-16-8-4-3-7-14(16)11-17-15-9-10-15/h3-4,7-8,13,15,17H,1-2,5-6,9-12H2. The van der Waals surface area contributed by atoms with Crippen molar-refractivity contribution in [1.82, 2.24) is 5.32 Å². The van der Waals surface area contributed by atoms with E-state index in [1.54, 1.807) is 0 Å². The second kappa shape index (κ2) is 6.12. The molecule has 1 nitrogen and oxygen atoms in total. The fourth-order valence-corrected chi connectivity index (χ4v) is 3.97. The maximum atomic E-state index is 3.63. The number of thioether (sulfide) groups is 1. The molecule has 2 aliphatic rings. The highest BCUT2D eigenvalue weighted by atomic mass is 32.2. The normalized spacial score (nSPS) is 20.4. The second-order valence-corrected chi connectivity index (χ2v) is 6.79. The molecule has 1 aromatic rings. The highest BCUT2D eigenvalue weighted by molar-refractivity contribution is 7.99. The largest absolute Gasteiger partial charge is 0.310 e. The van der Waals surface area contributed by atoms with E-state index in [9.17, 15) is 0 Å². The van der Waals surface area contributed by atoms with Crippen LogP contribution in [0.15, 0.2) is 29.2 Å². The van der Waals surface area contributed by atoms with Crippen LogP contribution in [-0.2, 0) is 6.54 Å². The zero-order valence-corrected chi connectivity index (χ0v) is 11.8. The maximum absolute atomic E-state index is 3.63. The molecule has 0 spiro atoms. The Bertz CT molecular complexity index is 380. The van der Waals surface area contributed by atoms with Gasteiger partial charge in [-0.1, -0.05) is 31.0 Å². The first kappa shape index (κ1) is 12.6. The van der Waals surface area contributed by atoms with Crippen molar-refractivity contribution in [2.45, 2.75) is 56.0 Å². The van der Waals surface area contributed by atoms with Gasteiger partial charge in [0.1, 0.15) is 0 Å². The lowest BCUT2D eigenvalue weighted by Crippen LogP contribution is -2.15. The predicted molar refractivity (Wildman–Crippen MR) is 79.0 cm³/mol. The smallest absolute Gasteiger partial charge is 0.0219 e. The summed E-state index contributed by atoms with van der Waals surface area (Å²) in [4.78, 5) is 1.50. The number of hydrogen-bond acceptors (Lipinski definition) is 2. The summed E-state index contributed by atoms with van der Waals surface area (Å²) in [5.41, 5.74) is 1.49. The quantitative estimate of drug-likeness (QED) is 0.769. The summed E-state index contributed by atoms with van der Waals surface area (Å²) in [6.45, 7) is 1.05. The maximum Gasteiger partial charge on any atom is 0.0219 e. The first-order chi connectivity index (χ1) is 8.92. The van der Waals surface area contributed by atoms with Crippen molar-refractivity contribution in [2.75, 3.05) is 5.75 Å². The van der Waals surface area contributed by atoms with Gasteiger partial charge in [0.05, 0.1) is 0 Å². The number of benzene rings is 1. The van der Waals surface area contributed by atoms with Crippen molar-refractivity contribution in [3.63, 3.8) is 0 Å². The van der Waals surface area contributed by atoms with Gasteiger partial charge in [-0.05, 0) is 43.2 Å². The number of hydrogen-bond donors (Lipinski definition) is 1. The number of rotatable bonds is 6. The molecule has 2 aliphatic carbocycles. The van der Waals surface area contributed by atoms with E-state index in [1.807, 2.05) is 0 Å². The predicted octanol–water partition coefficient (Wildman–Crippen LogP) is 4.22. The van der Waals surface area contributed by atoms with Crippen molar-refractivity contribution < 1.29 is 0 Å². The minimum Gasteiger partial charge on any atom is -0.310 e. The molecule has 0 aromatic heterocycles. The molecular formula is C16H23NS. The van der Waals surface area contributed by atoms with E-state index >= 15 is 0 Å². The Labute approximate surface area is 115 Å². The third-order valence-electron chi connectivity index (χ3n) is 4.08. The third-order valence-corrected chi connectivity index (χ3v) is 5.43. The topological polar surface area (TPSA) is 12.0 Å². The van der Waals surface area contributed by atoms with E-state index in [4.69, 9.17) is 0 Å². The average Bonchev–Trinajstić information content (AvgIpc) is 3.09. The van der Waals surface area contributed by atoms with Crippen LogP contribution in [0.2, 0.25) is 0 Å². The Morgan fingerprint density at radius 1 is 1.06 bits per heavy atom. The summed E-state index contributed by atoms with van der Waals surface area (Å²) in [7, 11) is 0. The first-order valence-electron chi connectivity index (χ1n) is 7.36. The Hall–Kier alpha value is -0.470. The summed E-state index contributed by atoms with van der Waals surface area (Å²) in [6.07, 6.45) is 8.56. The van der Waals surface area contributed by atoms with Gasteiger partial charge in [-0.25, -0.2) is 0 Å². The van der Waals surface area contributed by atoms with E-state index in [1.165, 1.54) is 54.7 Å². The lowest BCUT2D eigenvalue weighted by Gasteiger charge is -2.12. The summed E-state index contributed by atoms with van der Waals surface area (Å²) >= 11 is 2.08. The van der Waals surface area contributed by atoms with E-state index < -0.39 is 0 Å². The molecular weight excluding hydrogens is 238 g/mol. The van der Waals surface area contributed by atoms with Gasteiger partial charge in [0.15, 0.2) is 0 Å². The van der Waals surface area contributed by atoms with Gasteiger partial charge in [0, 0.05) is 23.2 Å². The molecule has 0 heterocycles. The molecule has 98 valence electrons. The van der Waals surface area contributed by atoms with Crippen LogP contribution in [-0.4, -0.2) is 11.8 Å². The van der Waals surface area contributed by atoms with Gasteiger partial charge in [0.25, 0.3) is 0 Å². The molecule has 0 saturated heterocycles. The molecule has 2 fully saturated rings. The number of nitrogens with one attached hydrogen (secondary N) is 1. The molecule has 1 N–H and O–H groups in total. The van der Waals surface area contributed by atoms with E-state index in [0.717, 1.165) is 18.5 Å². The van der Waals surface area contributed by atoms with Crippen LogP contribution in [0.4, 0.5) is 0 Å². The molecule has 0 radical (unpaired) electrons. The molecule has 0 bridgehead atoms. The van der Waals surface area contributed by atoms with Crippen LogP contribution in [0.3, 0.4) is 0 Å². The van der Waals surface area contributed by atoms with Crippen LogP contribution in [0.1, 0.15) is 44.1 Å². The van der Waals surface area contributed by atoms with Crippen molar-refractivity contribution in [1.29, 1.82) is 0 Å². The molecule has 1 aromatic carbocycles. The van der Waals surface area contributed by atoms with Crippen molar-refractivity contribution in [3.8, 4) is 0 Å². The van der Waals surface area contributed by atoms with Crippen LogP contribution < -0.4 is 5.32 Å². The van der Waals surface area contributed by atoms with Gasteiger partial charge >= 0.3 is 0 Å². The SMILES string of the molecule is c1ccc(SCC2CCCC2)c(CNC2CC2)c1. The van der Waals surface area contributed by atoms with Crippen molar-refractivity contribution in [2.24, 2.45) is 5.92 Å². The Morgan fingerprint density at radius 3 is 2.61 bits per heavy atom. The van der Waals surface area contributed by atoms with Crippen LogP contribution in [0, 0.1) is 5.92 Å². The molecule has 0 amide bonds. The average molecular weight is 261 g/mol.